The molecule has 0 radical (unpaired) electrons. The van der Waals surface area contributed by atoms with E-state index in [-0.39, 0.29) is 11.6 Å². The maximum absolute atomic E-state index is 12.8. The van der Waals surface area contributed by atoms with Crippen LogP contribution in [0.1, 0.15) is 58.5 Å². The monoisotopic (exact) mass is 307 g/mol. The van der Waals surface area contributed by atoms with E-state index in [1.807, 2.05) is 12.1 Å². The predicted octanol–water partition coefficient (Wildman–Crippen LogP) is 4.09. The van der Waals surface area contributed by atoms with Gasteiger partial charge in [-0.15, -0.1) is 0 Å². The molecule has 0 fully saturated rings. The third-order valence-electron chi connectivity index (χ3n) is 4.26. The third kappa shape index (κ3) is 2.67. The van der Waals surface area contributed by atoms with Crippen LogP contribution in [0.15, 0.2) is 42.5 Å². The Balaban J connectivity index is 2.06. The first-order valence-electron chi connectivity index (χ1n) is 8.24. The van der Waals surface area contributed by atoms with E-state index < -0.39 is 0 Å². The van der Waals surface area contributed by atoms with Gasteiger partial charge in [-0.25, -0.2) is 0 Å². The molecule has 118 valence electrons. The van der Waals surface area contributed by atoms with Crippen LogP contribution in [0.5, 0.6) is 0 Å². The maximum Gasteiger partial charge on any atom is 0.194 e. The lowest BCUT2D eigenvalue weighted by atomic mass is 9.84. The molecule has 0 saturated carbocycles. The summed E-state index contributed by atoms with van der Waals surface area (Å²) in [6.07, 6.45) is 2.10. The van der Waals surface area contributed by atoms with Crippen molar-refractivity contribution in [1.29, 1.82) is 0 Å². The summed E-state index contributed by atoms with van der Waals surface area (Å²) >= 11 is 0. The van der Waals surface area contributed by atoms with E-state index in [4.69, 9.17) is 0 Å². The minimum absolute atomic E-state index is 0.0509. The van der Waals surface area contributed by atoms with Crippen LogP contribution in [0.2, 0.25) is 0 Å². The van der Waals surface area contributed by atoms with E-state index in [1.165, 1.54) is 0 Å². The fourth-order valence-corrected chi connectivity index (χ4v) is 3.19. The van der Waals surface area contributed by atoms with Crippen LogP contribution in [-0.4, -0.2) is 24.7 Å². The predicted molar refractivity (Wildman–Crippen MR) is 92.5 cm³/mol. The molecule has 0 bridgehead atoms. The van der Waals surface area contributed by atoms with Crippen LogP contribution in [0, 0.1) is 0 Å². The summed E-state index contributed by atoms with van der Waals surface area (Å²) in [5.41, 5.74) is 3.10. The van der Waals surface area contributed by atoms with Crippen molar-refractivity contribution in [3.05, 3.63) is 64.7 Å². The average Bonchev–Trinajstić information content (AvgIpc) is 2.59. The van der Waals surface area contributed by atoms with Gasteiger partial charge in [-0.3, -0.25) is 9.59 Å². The molecule has 2 aromatic rings. The van der Waals surface area contributed by atoms with Crippen molar-refractivity contribution in [2.75, 3.05) is 18.0 Å². The number of fused-ring (bicyclic) bond motifs is 2. The second kappa shape index (κ2) is 6.37. The summed E-state index contributed by atoms with van der Waals surface area (Å²) < 4.78 is 0. The van der Waals surface area contributed by atoms with Crippen molar-refractivity contribution in [3.63, 3.8) is 0 Å². The van der Waals surface area contributed by atoms with E-state index in [0.29, 0.717) is 22.3 Å². The SMILES string of the molecule is CCCN(CCC)c1ccc2c(c1)C(=O)c1ccccc1C2=O. The van der Waals surface area contributed by atoms with Gasteiger partial charge in [0.1, 0.15) is 0 Å². The van der Waals surface area contributed by atoms with Crippen LogP contribution in [-0.2, 0) is 0 Å². The average molecular weight is 307 g/mol. The fourth-order valence-electron chi connectivity index (χ4n) is 3.19. The number of rotatable bonds is 5. The van der Waals surface area contributed by atoms with Crippen molar-refractivity contribution in [2.45, 2.75) is 26.7 Å². The standard InChI is InChI=1S/C20H21NO2/c1-3-11-21(12-4-2)14-9-10-17-18(13-14)20(23)16-8-6-5-7-15(16)19(17)22/h5-10,13H,3-4,11-12H2,1-2H3. The zero-order chi connectivity index (χ0) is 16.4. The van der Waals surface area contributed by atoms with Crippen LogP contribution in [0.3, 0.4) is 0 Å². The van der Waals surface area contributed by atoms with Gasteiger partial charge in [0, 0.05) is 41.0 Å². The Morgan fingerprint density at radius 3 is 1.83 bits per heavy atom. The molecule has 0 amide bonds. The number of carbonyl (C=O) groups excluding carboxylic acids is 2. The molecule has 0 N–H and O–H groups in total. The highest BCUT2D eigenvalue weighted by molar-refractivity contribution is 6.28. The number of hydrogen-bond donors (Lipinski definition) is 0. The summed E-state index contributed by atoms with van der Waals surface area (Å²) in [5.74, 6) is -0.107. The Morgan fingerprint density at radius 1 is 0.739 bits per heavy atom. The van der Waals surface area contributed by atoms with E-state index in [1.54, 1.807) is 30.3 Å². The van der Waals surface area contributed by atoms with Gasteiger partial charge in [0.05, 0.1) is 0 Å². The van der Waals surface area contributed by atoms with E-state index in [0.717, 1.165) is 31.6 Å². The molecule has 0 atom stereocenters. The minimum Gasteiger partial charge on any atom is -0.372 e. The first-order chi connectivity index (χ1) is 11.2. The van der Waals surface area contributed by atoms with E-state index in [9.17, 15) is 9.59 Å². The van der Waals surface area contributed by atoms with Crippen LogP contribution in [0.4, 0.5) is 5.69 Å². The lowest BCUT2D eigenvalue weighted by molar-refractivity contribution is 0.0979. The number of anilines is 1. The summed E-state index contributed by atoms with van der Waals surface area (Å²) in [4.78, 5) is 27.7. The first kappa shape index (κ1) is 15.5. The van der Waals surface area contributed by atoms with Crippen molar-refractivity contribution in [3.8, 4) is 0 Å². The molecular formula is C20H21NO2. The number of hydrogen-bond acceptors (Lipinski definition) is 3. The smallest absolute Gasteiger partial charge is 0.194 e. The summed E-state index contributed by atoms with van der Waals surface area (Å²) in [6.45, 7) is 6.19. The van der Waals surface area contributed by atoms with E-state index in [2.05, 4.69) is 18.7 Å². The quantitative estimate of drug-likeness (QED) is 0.712. The van der Waals surface area contributed by atoms with Gasteiger partial charge in [-0.05, 0) is 31.0 Å². The van der Waals surface area contributed by atoms with Crippen molar-refractivity contribution >= 4 is 17.3 Å². The molecule has 23 heavy (non-hydrogen) atoms. The minimum atomic E-state index is -0.0562. The topological polar surface area (TPSA) is 37.4 Å². The van der Waals surface area contributed by atoms with Crippen molar-refractivity contribution in [2.24, 2.45) is 0 Å². The third-order valence-corrected chi connectivity index (χ3v) is 4.26. The van der Waals surface area contributed by atoms with Crippen LogP contribution in [0.25, 0.3) is 0 Å². The van der Waals surface area contributed by atoms with Gasteiger partial charge in [0.2, 0.25) is 0 Å². The van der Waals surface area contributed by atoms with E-state index >= 15 is 0 Å². The number of nitrogens with zero attached hydrogens (tertiary/aromatic N) is 1. The lowest BCUT2D eigenvalue weighted by Gasteiger charge is -2.26. The molecule has 0 saturated heterocycles. The highest BCUT2D eigenvalue weighted by atomic mass is 16.1. The number of carbonyl (C=O) groups is 2. The normalized spacial score (nSPS) is 12.8. The molecule has 0 spiro atoms. The maximum atomic E-state index is 12.8. The molecule has 3 nitrogen and oxygen atoms in total. The Labute approximate surface area is 136 Å². The number of benzene rings is 2. The zero-order valence-corrected chi connectivity index (χ0v) is 13.6. The summed E-state index contributed by atoms with van der Waals surface area (Å²) in [6, 6.07) is 12.7. The molecule has 1 aliphatic rings. The van der Waals surface area contributed by atoms with Gasteiger partial charge in [-0.1, -0.05) is 38.1 Å². The zero-order valence-electron chi connectivity index (χ0n) is 13.6. The highest BCUT2D eigenvalue weighted by Crippen LogP contribution is 2.30. The molecule has 3 heteroatoms. The second-order valence-corrected chi connectivity index (χ2v) is 5.92. The Hall–Kier alpha value is -2.42. The first-order valence-corrected chi connectivity index (χ1v) is 8.24. The van der Waals surface area contributed by atoms with Gasteiger partial charge in [0.15, 0.2) is 11.6 Å². The molecule has 3 rings (SSSR count). The number of ketones is 2. The molecular weight excluding hydrogens is 286 g/mol. The van der Waals surface area contributed by atoms with Crippen LogP contribution >= 0.6 is 0 Å². The van der Waals surface area contributed by atoms with Gasteiger partial charge >= 0.3 is 0 Å². The Bertz CT molecular complexity index is 758. The Kier molecular flexibility index (Phi) is 4.28. The molecule has 0 aliphatic heterocycles. The van der Waals surface area contributed by atoms with Gasteiger partial charge in [-0.2, -0.15) is 0 Å². The highest BCUT2D eigenvalue weighted by Gasteiger charge is 2.29. The van der Waals surface area contributed by atoms with Crippen LogP contribution < -0.4 is 4.90 Å². The van der Waals surface area contributed by atoms with Crippen molar-refractivity contribution in [1.82, 2.24) is 0 Å². The molecule has 0 aromatic heterocycles. The second-order valence-electron chi connectivity index (χ2n) is 5.92. The van der Waals surface area contributed by atoms with Gasteiger partial charge < -0.3 is 4.90 Å². The Morgan fingerprint density at radius 2 is 1.26 bits per heavy atom. The van der Waals surface area contributed by atoms with Crippen molar-refractivity contribution < 1.29 is 9.59 Å². The largest absolute Gasteiger partial charge is 0.372 e. The summed E-state index contributed by atoms with van der Waals surface area (Å²) in [5, 5.41) is 0. The fraction of sp³-hybridized carbons (Fsp3) is 0.300. The van der Waals surface area contributed by atoms with Gasteiger partial charge in [0.25, 0.3) is 0 Å². The molecule has 2 aromatic carbocycles. The summed E-state index contributed by atoms with van der Waals surface area (Å²) in [7, 11) is 0. The molecule has 0 unspecified atom stereocenters. The lowest BCUT2D eigenvalue weighted by Crippen LogP contribution is -2.26. The molecule has 1 aliphatic carbocycles. The molecule has 0 heterocycles.